The highest BCUT2D eigenvalue weighted by atomic mass is 35.5. The van der Waals surface area contributed by atoms with Crippen molar-refractivity contribution in [2.75, 3.05) is 31.2 Å². The molecular formula is C30H43ClN6O5S. The molecule has 3 atom stereocenters. The maximum absolute atomic E-state index is 14.0. The maximum Gasteiger partial charge on any atom is 0.409 e. The van der Waals surface area contributed by atoms with Crippen molar-refractivity contribution in [3.63, 3.8) is 0 Å². The Morgan fingerprint density at radius 2 is 1.77 bits per heavy atom. The predicted octanol–water partition coefficient (Wildman–Crippen LogP) is 4.92. The first-order valence-corrected chi connectivity index (χ1v) is 17.5. The van der Waals surface area contributed by atoms with Crippen molar-refractivity contribution >= 4 is 39.3 Å². The zero-order chi connectivity index (χ0) is 30.9. The van der Waals surface area contributed by atoms with Crippen LogP contribution in [0.25, 0.3) is 11.3 Å². The number of nitrogens with zero attached hydrogens (tertiary/aromatic N) is 3. The topological polar surface area (TPSA) is 162 Å². The summed E-state index contributed by atoms with van der Waals surface area (Å²) in [5.74, 6) is 1.92. The number of imidazole rings is 1. The molecule has 5 N–H and O–H groups in total. The molecule has 11 nitrogen and oxygen atoms in total. The lowest BCUT2D eigenvalue weighted by molar-refractivity contribution is -0.138. The summed E-state index contributed by atoms with van der Waals surface area (Å²) in [6.45, 7) is 3.78. The third-order valence-electron chi connectivity index (χ3n) is 9.65. The van der Waals surface area contributed by atoms with E-state index in [4.69, 9.17) is 27.4 Å². The van der Waals surface area contributed by atoms with Gasteiger partial charge in [0.15, 0.2) is 0 Å². The average molecular weight is 635 g/mol. The zero-order valence-electron chi connectivity index (χ0n) is 24.8. The van der Waals surface area contributed by atoms with E-state index in [1.54, 1.807) is 28.6 Å². The molecule has 2 saturated heterocycles. The van der Waals surface area contributed by atoms with Gasteiger partial charge in [0, 0.05) is 42.8 Å². The lowest BCUT2D eigenvalue weighted by Crippen LogP contribution is -2.40. The molecule has 13 heteroatoms. The molecule has 3 aliphatic rings. The normalized spacial score (nSPS) is 26.4. The molecule has 0 bridgehead atoms. The van der Waals surface area contributed by atoms with Crippen molar-refractivity contribution in [1.29, 1.82) is 0 Å². The van der Waals surface area contributed by atoms with Crippen LogP contribution < -0.4 is 11.1 Å². The lowest BCUT2D eigenvalue weighted by Gasteiger charge is -2.34. The van der Waals surface area contributed by atoms with Crippen LogP contribution in [0.5, 0.6) is 0 Å². The van der Waals surface area contributed by atoms with Crippen molar-refractivity contribution in [2.24, 2.45) is 29.4 Å². The van der Waals surface area contributed by atoms with Crippen molar-refractivity contribution in [2.45, 2.75) is 70.4 Å². The third kappa shape index (κ3) is 7.53. The van der Waals surface area contributed by atoms with Crippen LogP contribution in [-0.4, -0.2) is 76.6 Å². The summed E-state index contributed by atoms with van der Waals surface area (Å²) >= 11 is 6.65. The number of H-pyrrole nitrogens is 1. The standard InChI is InChI=1S/C30H43ClN6O5S/c1-18(32)21-3-5-23(6-4-21)29(38)37-17-20(15-19-11-13-36(14-12-19)43(2,41)42)16-25(37)28-34-26(27(31)35-28)22-7-9-24(10-8-22)33-30(39)40/h7-10,18-21,23,25,33H,3-6,11-17,32H2,1-2H3,(H,34,35)(H,39,40)/t18-,20+,21?,23?,25-/m0/s1. The molecular weight excluding hydrogens is 592 g/mol. The van der Waals surface area contributed by atoms with Crippen molar-refractivity contribution < 1.29 is 23.1 Å². The van der Waals surface area contributed by atoms with E-state index >= 15 is 0 Å². The molecule has 43 heavy (non-hydrogen) atoms. The van der Waals surface area contributed by atoms with E-state index in [1.165, 1.54) is 6.26 Å². The summed E-state index contributed by atoms with van der Waals surface area (Å²) in [7, 11) is -3.18. The van der Waals surface area contributed by atoms with Gasteiger partial charge in [-0.2, -0.15) is 0 Å². The summed E-state index contributed by atoms with van der Waals surface area (Å²) in [5.41, 5.74) is 7.89. The van der Waals surface area contributed by atoms with Gasteiger partial charge in [0.1, 0.15) is 16.7 Å². The van der Waals surface area contributed by atoms with Crippen molar-refractivity contribution in [3.8, 4) is 11.3 Å². The molecule has 0 spiro atoms. The van der Waals surface area contributed by atoms with Crippen LogP contribution in [0, 0.1) is 23.7 Å². The molecule has 2 amide bonds. The van der Waals surface area contributed by atoms with Crippen LogP contribution in [0.1, 0.15) is 70.2 Å². The molecule has 236 valence electrons. The van der Waals surface area contributed by atoms with Gasteiger partial charge in [-0.25, -0.2) is 22.5 Å². The van der Waals surface area contributed by atoms with Crippen LogP contribution in [-0.2, 0) is 14.8 Å². The number of piperidine rings is 1. The van der Waals surface area contributed by atoms with Gasteiger partial charge in [0.05, 0.1) is 12.3 Å². The summed E-state index contributed by atoms with van der Waals surface area (Å²) < 4.78 is 25.5. The summed E-state index contributed by atoms with van der Waals surface area (Å²) in [4.78, 5) is 35.1. The molecule has 1 aliphatic carbocycles. The molecule has 2 aromatic rings. The van der Waals surface area contributed by atoms with Gasteiger partial charge in [-0.05, 0) is 88.2 Å². The number of benzene rings is 1. The minimum absolute atomic E-state index is 0.0339. The van der Waals surface area contributed by atoms with E-state index < -0.39 is 16.1 Å². The second-order valence-corrected chi connectivity index (χ2v) is 15.1. The highest BCUT2D eigenvalue weighted by molar-refractivity contribution is 7.88. The molecule has 3 fully saturated rings. The third-order valence-corrected chi connectivity index (χ3v) is 11.2. The Hall–Kier alpha value is -2.67. The van der Waals surface area contributed by atoms with Crippen LogP contribution in [0.2, 0.25) is 5.15 Å². The second-order valence-electron chi connectivity index (χ2n) is 12.7. The SMILES string of the molecule is C[C@H](N)C1CCC(C(=O)N2C[C@H](CC3CCN(S(C)(=O)=O)CC3)C[C@H]2c2nc(-c3ccc(NC(=O)O)cc3)c(Cl)[nH]2)CC1. The van der Waals surface area contributed by atoms with Gasteiger partial charge >= 0.3 is 6.09 Å². The fourth-order valence-corrected chi connectivity index (χ4v) is 8.35. The number of likely N-dealkylation sites (tertiary alicyclic amines) is 1. The number of anilines is 1. The number of hydrogen-bond donors (Lipinski definition) is 4. The number of carbonyl (C=O) groups excluding carboxylic acids is 1. The molecule has 3 heterocycles. The van der Waals surface area contributed by atoms with Gasteiger partial charge in [0.25, 0.3) is 0 Å². The van der Waals surface area contributed by atoms with Crippen LogP contribution in [0.4, 0.5) is 10.5 Å². The van der Waals surface area contributed by atoms with Crippen LogP contribution in [0.15, 0.2) is 24.3 Å². The Kier molecular flexibility index (Phi) is 9.70. The van der Waals surface area contributed by atoms with E-state index in [9.17, 15) is 18.0 Å². The van der Waals surface area contributed by atoms with Crippen LogP contribution >= 0.6 is 11.6 Å². The van der Waals surface area contributed by atoms with E-state index in [0.717, 1.165) is 56.9 Å². The first-order valence-electron chi connectivity index (χ1n) is 15.3. The highest BCUT2D eigenvalue weighted by Crippen LogP contribution is 2.43. The number of aromatic amines is 1. The van der Waals surface area contributed by atoms with Crippen molar-refractivity contribution in [1.82, 2.24) is 19.2 Å². The Morgan fingerprint density at radius 3 is 2.35 bits per heavy atom. The number of hydrogen-bond acceptors (Lipinski definition) is 6. The lowest BCUT2D eigenvalue weighted by atomic mass is 9.78. The highest BCUT2D eigenvalue weighted by Gasteiger charge is 2.42. The number of halogens is 1. The molecule has 1 aromatic heterocycles. The quantitative estimate of drug-likeness (QED) is 0.320. The molecule has 0 radical (unpaired) electrons. The fraction of sp³-hybridized carbons (Fsp3) is 0.633. The smallest absolute Gasteiger partial charge is 0.409 e. The minimum Gasteiger partial charge on any atom is -0.465 e. The Labute approximate surface area is 258 Å². The summed E-state index contributed by atoms with van der Waals surface area (Å²) in [6.07, 6.45) is 7.07. The van der Waals surface area contributed by atoms with Crippen LogP contribution in [0.3, 0.4) is 0 Å². The number of sulfonamides is 1. The van der Waals surface area contributed by atoms with Gasteiger partial charge in [-0.3, -0.25) is 10.1 Å². The fourth-order valence-electron chi connectivity index (χ4n) is 7.22. The van der Waals surface area contributed by atoms with E-state index in [2.05, 4.69) is 10.3 Å². The maximum atomic E-state index is 14.0. The first-order chi connectivity index (χ1) is 20.4. The number of amides is 2. The Bertz CT molecular complexity index is 1400. The van der Waals surface area contributed by atoms with E-state index in [1.807, 2.05) is 11.8 Å². The Balaban J connectivity index is 1.33. The van der Waals surface area contributed by atoms with E-state index in [0.29, 0.717) is 53.8 Å². The minimum atomic E-state index is -3.18. The van der Waals surface area contributed by atoms with Gasteiger partial charge < -0.3 is 20.7 Å². The van der Waals surface area contributed by atoms with Gasteiger partial charge in [-0.15, -0.1) is 0 Å². The average Bonchev–Trinajstić information content (AvgIpc) is 3.56. The largest absolute Gasteiger partial charge is 0.465 e. The molecule has 0 unspecified atom stereocenters. The first kappa shape index (κ1) is 31.7. The summed E-state index contributed by atoms with van der Waals surface area (Å²) in [5, 5.41) is 11.7. The summed E-state index contributed by atoms with van der Waals surface area (Å²) in [6, 6.07) is 6.73. The van der Waals surface area contributed by atoms with Gasteiger partial charge in [-0.1, -0.05) is 23.7 Å². The number of carbonyl (C=O) groups is 2. The van der Waals surface area contributed by atoms with Gasteiger partial charge in [0.2, 0.25) is 15.9 Å². The molecule has 1 aromatic carbocycles. The number of aromatic nitrogens is 2. The molecule has 5 rings (SSSR count). The van der Waals surface area contributed by atoms with Crippen molar-refractivity contribution in [3.05, 3.63) is 35.2 Å². The monoisotopic (exact) mass is 634 g/mol. The number of nitrogens with two attached hydrogens (primary N) is 1. The molecule has 1 saturated carbocycles. The number of nitrogens with one attached hydrogen (secondary N) is 2. The number of rotatable bonds is 8. The Morgan fingerprint density at radius 1 is 1.12 bits per heavy atom. The second kappa shape index (κ2) is 13.1. The number of carboxylic acid groups (broad SMARTS) is 1. The predicted molar refractivity (Wildman–Crippen MR) is 166 cm³/mol. The zero-order valence-corrected chi connectivity index (χ0v) is 26.4. The van der Waals surface area contributed by atoms with E-state index in [-0.39, 0.29) is 29.8 Å². The molecule has 2 aliphatic heterocycles.